The molecule has 4 rings (SSSR count). The summed E-state index contributed by atoms with van der Waals surface area (Å²) in [7, 11) is 0. The predicted molar refractivity (Wildman–Crippen MR) is 104 cm³/mol. The van der Waals surface area contributed by atoms with E-state index in [-0.39, 0.29) is 5.91 Å². The highest BCUT2D eigenvalue weighted by Gasteiger charge is 2.20. The summed E-state index contributed by atoms with van der Waals surface area (Å²) in [5, 5.41) is 3.01. The third kappa shape index (κ3) is 4.40. The third-order valence-corrected chi connectivity index (χ3v) is 5.09. The number of anilines is 1. The predicted octanol–water partition coefficient (Wildman–Crippen LogP) is 2.48. The largest absolute Gasteiger partial charge is 0.454 e. The summed E-state index contributed by atoms with van der Waals surface area (Å²) in [4.78, 5) is 16.9. The maximum Gasteiger partial charge on any atom is 0.238 e. The monoisotopic (exact) mass is 367 g/mol. The Morgan fingerprint density at radius 2 is 1.74 bits per heavy atom. The Bertz CT molecular complexity index is 816. The van der Waals surface area contributed by atoms with Crippen LogP contribution in [0.2, 0.25) is 0 Å². The van der Waals surface area contributed by atoms with Gasteiger partial charge in [0.1, 0.15) is 0 Å². The van der Waals surface area contributed by atoms with E-state index in [0.29, 0.717) is 13.3 Å². The van der Waals surface area contributed by atoms with Crippen LogP contribution < -0.4 is 14.8 Å². The van der Waals surface area contributed by atoms with Gasteiger partial charge in [-0.1, -0.05) is 24.3 Å². The summed E-state index contributed by atoms with van der Waals surface area (Å²) in [6.07, 6.45) is 0. The van der Waals surface area contributed by atoms with Crippen LogP contribution in [0.5, 0.6) is 11.5 Å². The van der Waals surface area contributed by atoms with Gasteiger partial charge in [0.25, 0.3) is 0 Å². The molecule has 2 aliphatic heterocycles. The fraction of sp³-hybridized carbons (Fsp3) is 0.381. The molecule has 1 amide bonds. The molecule has 0 radical (unpaired) electrons. The molecule has 6 heteroatoms. The maximum atomic E-state index is 12.3. The van der Waals surface area contributed by atoms with Crippen LogP contribution in [0.15, 0.2) is 42.5 Å². The van der Waals surface area contributed by atoms with Crippen LogP contribution in [-0.4, -0.2) is 55.2 Å². The van der Waals surface area contributed by atoms with E-state index >= 15 is 0 Å². The Labute approximate surface area is 159 Å². The summed E-state index contributed by atoms with van der Waals surface area (Å²) in [6.45, 7) is 7.33. The minimum absolute atomic E-state index is 0.0496. The standard InChI is InChI=1S/C21H25N3O3/c1-16-4-2-3-5-18(16)22-21(25)14-24-10-8-23(9-11-24)13-17-6-7-19-20(12-17)27-15-26-19/h2-7,12H,8-11,13-15H2,1H3,(H,22,25). The molecule has 1 fully saturated rings. The van der Waals surface area contributed by atoms with Gasteiger partial charge in [-0.25, -0.2) is 0 Å². The zero-order valence-corrected chi connectivity index (χ0v) is 15.6. The number of amides is 1. The highest BCUT2D eigenvalue weighted by atomic mass is 16.7. The Morgan fingerprint density at radius 3 is 2.56 bits per heavy atom. The van der Waals surface area contributed by atoms with Gasteiger partial charge < -0.3 is 14.8 Å². The summed E-state index contributed by atoms with van der Waals surface area (Å²) in [5.74, 6) is 1.70. The van der Waals surface area contributed by atoms with E-state index in [0.717, 1.165) is 55.5 Å². The number of nitrogens with zero attached hydrogens (tertiary/aromatic N) is 2. The van der Waals surface area contributed by atoms with E-state index in [1.807, 2.05) is 37.3 Å². The van der Waals surface area contributed by atoms with Crippen molar-refractivity contribution in [3.05, 3.63) is 53.6 Å². The van der Waals surface area contributed by atoms with Crippen LogP contribution in [-0.2, 0) is 11.3 Å². The molecule has 0 bridgehead atoms. The lowest BCUT2D eigenvalue weighted by Crippen LogP contribution is -2.48. The number of nitrogens with one attached hydrogen (secondary N) is 1. The molecule has 2 aromatic rings. The van der Waals surface area contributed by atoms with Crippen molar-refractivity contribution in [1.82, 2.24) is 9.80 Å². The molecule has 2 heterocycles. The number of aryl methyl sites for hydroxylation is 1. The van der Waals surface area contributed by atoms with E-state index in [1.165, 1.54) is 5.56 Å². The highest BCUT2D eigenvalue weighted by molar-refractivity contribution is 5.92. The van der Waals surface area contributed by atoms with Crippen LogP contribution in [0, 0.1) is 6.92 Å². The first kappa shape index (κ1) is 17.8. The molecule has 2 aromatic carbocycles. The number of ether oxygens (including phenoxy) is 2. The van der Waals surface area contributed by atoms with Crippen molar-refractivity contribution in [3.63, 3.8) is 0 Å². The number of hydrogen-bond donors (Lipinski definition) is 1. The summed E-state index contributed by atoms with van der Waals surface area (Å²) >= 11 is 0. The van der Waals surface area contributed by atoms with Gasteiger partial charge in [0.2, 0.25) is 12.7 Å². The highest BCUT2D eigenvalue weighted by Crippen LogP contribution is 2.32. The first-order valence-corrected chi connectivity index (χ1v) is 9.36. The molecule has 1 N–H and O–H groups in total. The van der Waals surface area contributed by atoms with Crippen LogP contribution in [0.1, 0.15) is 11.1 Å². The minimum atomic E-state index is 0.0496. The quantitative estimate of drug-likeness (QED) is 0.880. The summed E-state index contributed by atoms with van der Waals surface area (Å²) < 4.78 is 10.8. The summed E-state index contributed by atoms with van der Waals surface area (Å²) in [5.41, 5.74) is 3.20. The van der Waals surface area contributed by atoms with Gasteiger partial charge in [0, 0.05) is 38.4 Å². The van der Waals surface area contributed by atoms with Crippen LogP contribution in [0.25, 0.3) is 0 Å². The van der Waals surface area contributed by atoms with Crippen LogP contribution in [0.3, 0.4) is 0 Å². The first-order valence-electron chi connectivity index (χ1n) is 9.36. The number of hydrogen-bond acceptors (Lipinski definition) is 5. The van der Waals surface area contributed by atoms with E-state index < -0.39 is 0 Å². The minimum Gasteiger partial charge on any atom is -0.454 e. The molecule has 27 heavy (non-hydrogen) atoms. The van der Waals surface area contributed by atoms with E-state index in [2.05, 4.69) is 27.2 Å². The number of para-hydroxylation sites is 1. The van der Waals surface area contributed by atoms with E-state index in [9.17, 15) is 4.79 Å². The smallest absolute Gasteiger partial charge is 0.238 e. The fourth-order valence-corrected chi connectivity index (χ4v) is 3.51. The number of carbonyl (C=O) groups excluding carboxylic acids is 1. The van der Waals surface area contributed by atoms with Crippen molar-refractivity contribution >= 4 is 11.6 Å². The van der Waals surface area contributed by atoms with Crippen molar-refractivity contribution in [2.45, 2.75) is 13.5 Å². The summed E-state index contributed by atoms with van der Waals surface area (Å²) in [6, 6.07) is 14.0. The number of benzene rings is 2. The molecule has 0 atom stereocenters. The van der Waals surface area contributed by atoms with Crippen molar-refractivity contribution in [3.8, 4) is 11.5 Å². The van der Waals surface area contributed by atoms with Gasteiger partial charge in [0.15, 0.2) is 11.5 Å². The SMILES string of the molecule is Cc1ccccc1NC(=O)CN1CCN(Cc2ccc3c(c2)OCO3)CC1. The molecule has 6 nitrogen and oxygen atoms in total. The van der Waals surface area contributed by atoms with Crippen molar-refractivity contribution in [1.29, 1.82) is 0 Å². The number of carbonyl (C=O) groups is 1. The third-order valence-electron chi connectivity index (χ3n) is 5.09. The van der Waals surface area contributed by atoms with E-state index in [1.54, 1.807) is 0 Å². The first-order chi connectivity index (χ1) is 13.2. The van der Waals surface area contributed by atoms with Crippen LogP contribution >= 0.6 is 0 Å². The maximum absolute atomic E-state index is 12.3. The van der Waals surface area contributed by atoms with Gasteiger partial charge in [-0.05, 0) is 36.2 Å². The fourth-order valence-electron chi connectivity index (χ4n) is 3.51. The van der Waals surface area contributed by atoms with Crippen molar-refractivity contribution in [2.75, 3.05) is 44.8 Å². The number of rotatable bonds is 5. The number of piperazine rings is 1. The Balaban J connectivity index is 1.24. The zero-order chi connectivity index (χ0) is 18.6. The molecule has 0 unspecified atom stereocenters. The average Bonchev–Trinajstić information content (AvgIpc) is 3.13. The van der Waals surface area contributed by atoms with Crippen molar-refractivity contribution < 1.29 is 14.3 Å². The Kier molecular flexibility index (Phi) is 5.27. The van der Waals surface area contributed by atoms with Gasteiger partial charge in [-0.3, -0.25) is 14.6 Å². The molecular formula is C21H25N3O3. The van der Waals surface area contributed by atoms with Gasteiger partial charge in [-0.15, -0.1) is 0 Å². The lowest BCUT2D eigenvalue weighted by atomic mass is 10.1. The van der Waals surface area contributed by atoms with Crippen molar-refractivity contribution in [2.24, 2.45) is 0 Å². The second-order valence-corrected chi connectivity index (χ2v) is 7.10. The second-order valence-electron chi connectivity index (χ2n) is 7.10. The molecule has 2 aliphatic rings. The normalized spacial score (nSPS) is 17.1. The topological polar surface area (TPSA) is 54.0 Å². The van der Waals surface area contributed by atoms with Crippen LogP contribution in [0.4, 0.5) is 5.69 Å². The van der Waals surface area contributed by atoms with E-state index in [4.69, 9.17) is 9.47 Å². The molecule has 0 spiro atoms. The lowest BCUT2D eigenvalue weighted by molar-refractivity contribution is -0.117. The molecule has 0 aromatic heterocycles. The molecule has 0 saturated carbocycles. The van der Waals surface area contributed by atoms with Gasteiger partial charge >= 0.3 is 0 Å². The Hall–Kier alpha value is -2.57. The average molecular weight is 367 g/mol. The van der Waals surface area contributed by atoms with Gasteiger partial charge in [0.05, 0.1) is 6.54 Å². The van der Waals surface area contributed by atoms with Gasteiger partial charge in [-0.2, -0.15) is 0 Å². The zero-order valence-electron chi connectivity index (χ0n) is 15.6. The molecular weight excluding hydrogens is 342 g/mol. The molecule has 0 aliphatic carbocycles. The lowest BCUT2D eigenvalue weighted by Gasteiger charge is -2.34. The number of fused-ring (bicyclic) bond motifs is 1. The molecule has 1 saturated heterocycles. The Morgan fingerprint density at radius 1 is 1.00 bits per heavy atom. The second kappa shape index (κ2) is 7.98. The molecule has 142 valence electrons.